The smallest absolute Gasteiger partial charge is 0.221 e. The predicted molar refractivity (Wildman–Crippen MR) is 120 cm³/mol. The molecule has 0 atom stereocenters. The molecular formula is C23H27FN6. The molecule has 1 aromatic heterocycles. The third-order valence-corrected chi connectivity index (χ3v) is 5.29. The van der Waals surface area contributed by atoms with Crippen molar-refractivity contribution in [2.75, 3.05) is 50.3 Å². The molecule has 0 unspecified atom stereocenters. The van der Waals surface area contributed by atoms with Crippen LogP contribution in [0.1, 0.15) is 6.42 Å². The highest BCUT2D eigenvalue weighted by molar-refractivity contribution is 5.79. The predicted octanol–water partition coefficient (Wildman–Crippen LogP) is 3.24. The lowest BCUT2D eigenvalue weighted by Crippen LogP contribution is -2.44. The van der Waals surface area contributed by atoms with Gasteiger partial charge in [-0.25, -0.2) is 9.37 Å². The molecule has 1 saturated heterocycles. The van der Waals surface area contributed by atoms with E-state index in [4.69, 9.17) is 5.73 Å². The van der Waals surface area contributed by atoms with Crippen LogP contribution in [0.2, 0.25) is 0 Å². The Hall–Kier alpha value is -3.03. The zero-order valence-corrected chi connectivity index (χ0v) is 16.9. The van der Waals surface area contributed by atoms with E-state index in [0.29, 0.717) is 0 Å². The summed E-state index contributed by atoms with van der Waals surface area (Å²) in [6.07, 6.45) is 2.76. The lowest BCUT2D eigenvalue weighted by Gasteiger charge is -2.27. The quantitative estimate of drug-likeness (QED) is 0.523. The minimum Gasteiger partial charge on any atom is -0.369 e. The molecule has 0 aliphatic carbocycles. The van der Waals surface area contributed by atoms with Crippen molar-refractivity contribution in [2.45, 2.75) is 6.42 Å². The number of nitrogens with two attached hydrogens (primary N) is 1. The average Bonchev–Trinajstić information content (AvgIpc) is 2.78. The van der Waals surface area contributed by atoms with Crippen LogP contribution in [0.25, 0.3) is 22.3 Å². The molecular weight excluding hydrogens is 379 g/mol. The van der Waals surface area contributed by atoms with Gasteiger partial charge >= 0.3 is 0 Å². The van der Waals surface area contributed by atoms with Crippen LogP contribution in [0.15, 0.2) is 54.7 Å². The van der Waals surface area contributed by atoms with Crippen molar-refractivity contribution >= 4 is 11.8 Å². The third kappa shape index (κ3) is 5.11. The van der Waals surface area contributed by atoms with E-state index in [1.54, 1.807) is 12.3 Å². The molecule has 0 amide bonds. The summed E-state index contributed by atoms with van der Waals surface area (Å²) >= 11 is 0. The maximum atomic E-state index is 13.6. The van der Waals surface area contributed by atoms with Crippen molar-refractivity contribution in [1.82, 2.24) is 20.2 Å². The van der Waals surface area contributed by atoms with Crippen LogP contribution in [-0.4, -0.2) is 54.1 Å². The van der Waals surface area contributed by atoms with E-state index >= 15 is 0 Å². The Morgan fingerprint density at radius 2 is 1.77 bits per heavy atom. The molecule has 6 nitrogen and oxygen atoms in total. The Kier molecular flexibility index (Phi) is 6.51. The average molecular weight is 407 g/mol. The summed E-state index contributed by atoms with van der Waals surface area (Å²) in [5, 5.41) is 6.80. The molecule has 2 heterocycles. The van der Waals surface area contributed by atoms with Gasteiger partial charge in [0.1, 0.15) is 11.6 Å². The third-order valence-electron chi connectivity index (χ3n) is 5.29. The number of piperazine rings is 1. The summed E-state index contributed by atoms with van der Waals surface area (Å²) in [6.45, 7) is 6.16. The van der Waals surface area contributed by atoms with Crippen LogP contribution in [0, 0.1) is 5.82 Å². The highest BCUT2D eigenvalue weighted by atomic mass is 19.1. The normalized spacial score (nSPS) is 14.6. The van der Waals surface area contributed by atoms with Gasteiger partial charge in [-0.3, -0.25) is 0 Å². The molecule has 30 heavy (non-hydrogen) atoms. The summed E-state index contributed by atoms with van der Waals surface area (Å²) in [4.78, 5) is 11.1. The van der Waals surface area contributed by atoms with Gasteiger partial charge in [0.15, 0.2) is 0 Å². The topological polar surface area (TPSA) is 79.1 Å². The Balaban J connectivity index is 1.49. The highest BCUT2D eigenvalue weighted by Gasteiger charge is 2.11. The number of hydrogen-bond acceptors (Lipinski definition) is 6. The molecule has 0 saturated carbocycles. The van der Waals surface area contributed by atoms with Crippen LogP contribution >= 0.6 is 0 Å². The van der Waals surface area contributed by atoms with Crippen molar-refractivity contribution in [1.29, 1.82) is 0 Å². The number of nitrogens with one attached hydrogen (secondary N) is 2. The van der Waals surface area contributed by atoms with E-state index in [-0.39, 0.29) is 11.8 Å². The first-order chi connectivity index (χ1) is 14.7. The standard InChI is InChI=1S/C23H27FN6/c24-20-7-2-5-18(15-20)17-4-1-6-19(14-17)21-16-28-23(25)29-22(21)27-8-3-11-30-12-9-26-10-13-30/h1-2,4-7,14-16,26H,3,8-13H2,(H3,25,27,28,29). The van der Waals surface area contributed by atoms with Crippen molar-refractivity contribution in [2.24, 2.45) is 0 Å². The minimum atomic E-state index is -0.249. The van der Waals surface area contributed by atoms with E-state index in [1.807, 2.05) is 30.3 Å². The Bertz CT molecular complexity index is 987. The lowest BCUT2D eigenvalue weighted by molar-refractivity contribution is 0.240. The van der Waals surface area contributed by atoms with Gasteiger partial charge in [0.05, 0.1) is 0 Å². The second-order valence-corrected chi connectivity index (χ2v) is 7.45. The second kappa shape index (κ2) is 9.65. The number of aromatic nitrogens is 2. The van der Waals surface area contributed by atoms with Gasteiger partial charge in [-0.05, 0) is 47.9 Å². The van der Waals surface area contributed by atoms with Crippen LogP contribution in [0.4, 0.5) is 16.2 Å². The van der Waals surface area contributed by atoms with Crippen molar-refractivity contribution in [3.63, 3.8) is 0 Å². The fourth-order valence-corrected chi connectivity index (χ4v) is 3.72. The number of hydrogen-bond donors (Lipinski definition) is 3. The number of nitrogens with zero attached hydrogens (tertiary/aromatic N) is 3. The molecule has 7 heteroatoms. The lowest BCUT2D eigenvalue weighted by atomic mass is 10.00. The fourth-order valence-electron chi connectivity index (χ4n) is 3.72. The number of nitrogen functional groups attached to an aromatic ring is 1. The molecule has 1 aliphatic rings. The molecule has 1 aliphatic heterocycles. The van der Waals surface area contributed by atoms with E-state index in [9.17, 15) is 4.39 Å². The van der Waals surface area contributed by atoms with E-state index in [2.05, 4.69) is 25.5 Å². The number of rotatable bonds is 7. The summed E-state index contributed by atoms with van der Waals surface area (Å²) in [7, 11) is 0. The zero-order valence-electron chi connectivity index (χ0n) is 16.9. The number of anilines is 2. The fraction of sp³-hybridized carbons (Fsp3) is 0.304. The first-order valence-electron chi connectivity index (χ1n) is 10.3. The van der Waals surface area contributed by atoms with E-state index < -0.39 is 0 Å². The largest absolute Gasteiger partial charge is 0.369 e. The van der Waals surface area contributed by atoms with Crippen LogP contribution < -0.4 is 16.4 Å². The summed E-state index contributed by atoms with van der Waals surface area (Å²) in [5.41, 5.74) is 9.45. The van der Waals surface area contributed by atoms with Crippen LogP contribution in [0.5, 0.6) is 0 Å². The van der Waals surface area contributed by atoms with Crippen LogP contribution in [-0.2, 0) is 0 Å². The Labute approximate surface area is 176 Å². The molecule has 2 aromatic carbocycles. The maximum Gasteiger partial charge on any atom is 0.221 e. The van der Waals surface area contributed by atoms with Gasteiger partial charge in [-0.1, -0.05) is 30.3 Å². The van der Waals surface area contributed by atoms with Gasteiger partial charge in [0.25, 0.3) is 0 Å². The molecule has 0 spiro atoms. The summed E-state index contributed by atoms with van der Waals surface area (Å²) in [5.74, 6) is 0.712. The molecule has 0 bridgehead atoms. The van der Waals surface area contributed by atoms with Crippen LogP contribution in [0.3, 0.4) is 0 Å². The van der Waals surface area contributed by atoms with Crippen molar-refractivity contribution < 1.29 is 4.39 Å². The van der Waals surface area contributed by atoms with Gasteiger partial charge in [-0.2, -0.15) is 4.98 Å². The van der Waals surface area contributed by atoms with Gasteiger partial charge in [0.2, 0.25) is 5.95 Å². The van der Waals surface area contributed by atoms with Gasteiger partial charge < -0.3 is 21.3 Å². The summed E-state index contributed by atoms with van der Waals surface area (Å²) in [6, 6.07) is 14.6. The molecule has 4 rings (SSSR count). The van der Waals surface area contributed by atoms with Gasteiger partial charge in [0, 0.05) is 44.5 Å². The highest BCUT2D eigenvalue weighted by Crippen LogP contribution is 2.30. The first-order valence-corrected chi connectivity index (χ1v) is 10.3. The maximum absolute atomic E-state index is 13.6. The van der Waals surface area contributed by atoms with Gasteiger partial charge in [-0.15, -0.1) is 0 Å². The number of halogens is 1. The minimum absolute atomic E-state index is 0.240. The Morgan fingerprint density at radius 1 is 1.03 bits per heavy atom. The molecule has 156 valence electrons. The zero-order chi connectivity index (χ0) is 20.8. The van der Waals surface area contributed by atoms with E-state index in [0.717, 1.165) is 73.8 Å². The molecule has 4 N–H and O–H groups in total. The van der Waals surface area contributed by atoms with E-state index in [1.165, 1.54) is 12.1 Å². The molecule has 3 aromatic rings. The molecule has 1 fully saturated rings. The molecule has 0 radical (unpaired) electrons. The SMILES string of the molecule is Nc1ncc(-c2cccc(-c3cccc(F)c3)c2)c(NCCCN2CCNCC2)n1. The summed E-state index contributed by atoms with van der Waals surface area (Å²) < 4.78 is 13.6. The van der Waals surface area contributed by atoms with Crippen molar-refractivity contribution in [3.05, 3.63) is 60.5 Å². The second-order valence-electron chi connectivity index (χ2n) is 7.45. The number of benzene rings is 2. The monoisotopic (exact) mass is 406 g/mol. The van der Waals surface area contributed by atoms with Crippen molar-refractivity contribution in [3.8, 4) is 22.3 Å². The Morgan fingerprint density at radius 3 is 2.57 bits per heavy atom. The first kappa shape index (κ1) is 20.3.